The number of hydrogen-bond donors (Lipinski definition) is 0. The van der Waals surface area contributed by atoms with Gasteiger partial charge in [0.2, 0.25) is 0 Å². The minimum atomic E-state index is -0.586. The van der Waals surface area contributed by atoms with E-state index >= 15 is 0 Å². The van der Waals surface area contributed by atoms with E-state index in [-0.39, 0.29) is 5.97 Å². The summed E-state index contributed by atoms with van der Waals surface area (Å²) in [5, 5.41) is 0. The second-order valence-corrected chi connectivity index (χ2v) is 9.08. The molecule has 6 heteroatoms. The first kappa shape index (κ1) is 28.8. The molecule has 0 bridgehead atoms. The number of esters is 1. The van der Waals surface area contributed by atoms with Crippen LogP contribution in [0.3, 0.4) is 0 Å². The summed E-state index contributed by atoms with van der Waals surface area (Å²) in [5.41, 5.74) is 0.847. The predicted octanol–water partition coefficient (Wildman–Crippen LogP) is 7.55. The van der Waals surface area contributed by atoms with Crippen LogP contribution in [-0.4, -0.2) is 35.3 Å². The fourth-order valence-corrected chi connectivity index (χ4v) is 3.69. The fraction of sp³-hybridized carbons (Fsp3) is 0.621. The van der Waals surface area contributed by atoms with E-state index in [1.54, 1.807) is 31.5 Å². The van der Waals surface area contributed by atoms with Crippen molar-refractivity contribution in [2.24, 2.45) is 0 Å². The normalized spacial score (nSPS) is 11.9. The predicted molar refractivity (Wildman–Crippen MR) is 141 cm³/mol. The number of rotatable bonds is 19. The molecule has 0 fully saturated rings. The number of ether oxygens (including phenoxy) is 3. The maximum absolute atomic E-state index is 12.3. The van der Waals surface area contributed by atoms with E-state index in [0.29, 0.717) is 30.5 Å². The van der Waals surface area contributed by atoms with Crippen LogP contribution in [0.15, 0.2) is 36.7 Å². The number of carbonyl (C=O) groups excluding carboxylic acids is 1. The molecule has 0 saturated carbocycles. The second-order valence-electron chi connectivity index (χ2n) is 9.08. The number of unbranched alkanes of at least 4 members (excludes halogenated alkanes) is 10. The molecule has 0 spiro atoms. The molecule has 0 saturated heterocycles. The molecular weight excluding hydrogens is 440 g/mol. The standard InChI is InChI=1S/C29H44N2O4/c1-4-6-8-10-12-14-20-33-24(3)29(32)35-26-18-16-25(17-19-26)28-30-22-27(23-31-28)34-21-15-13-11-9-7-5-2/h16-19,22-24H,4-15,20-21H2,1-3H3. The van der Waals surface area contributed by atoms with Crippen molar-refractivity contribution in [3.63, 3.8) is 0 Å². The molecular formula is C29H44N2O4. The minimum Gasteiger partial charge on any atom is -0.490 e. The van der Waals surface area contributed by atoms with Gasteiger partial charge in [-0.25, -0.2) is 14.8 Å². The summed E-state index contributed by atoms with van der Waals surface area (Å²) in [6, 6.07) is 7.19. The maximum Gasteiger partial charge on any atom is 0.340 e. The van der Waals surface area contributed by atoms with Gasteiger partial charge in [0, 0.05) is 12.2 Å². The lowest BCUT2D eigenvalue weighted by Crippen LogP contribution is -2.26. The van der Waals surface area contributed by atoms with Gasteiger partial charge in [0.25, 0.3) is 0 Å². The number of nitrogens with zero attached hydrogens (tertiary/aromatic N) is 2. The average molecular weight is 485 g/mol. The van der Waals surface area contributed by atoms with E-state index in [2.05, 4.69) is 23.8 Å². The molecule has 194 valence electrons. The molecule has 1 heterocycles. The Bertz CT molecular complexity index is 808. The van der Waals surface area contributed by atoms with Gasteiger partial charge in [0.05, 0.1) is 19.0 Å². The Morgan fingerprint density at radius 2 is 1.29 bits per heavy atom. The molecule has 2 aromatic rings. The van der Waals surface area contributed by atoms with Gasteiger partial charge < -0.3 is 14.2 Å². The summed E-state index contributed by atoms with van der Waals surface area (Å²) in [7, 11) is 0. The van der Waals surface area contributed by atoms with Crippen molar-refractivity contribution in [3.8, 4) is 22.9 Å². The van der Waals surface area contributed by atoms with Crippen LogP contribution in [-0.2, 0) is 9.53 Å². The van der Waals surface area contributed by atoms with Crippen molar-refractivity contribution in [1.82, 2.24) is 9.97 Å². The van der Waals surface area contributed by atoms with Crippen LogP contribution in [0.25, 0.3) is 11.4 Å². The third kappa shape index (κ3) is 12.2. The molecule has 0 amide bonds. The van der Waals surface area contributed by atoms with E-state index in [9.17, 15) is 4.79 Å². The largest absolute Gasteiger partial charge is 0.490 e. The van der Waals surface area contributed by atoms with Crippen LogP contribution < -0.4 is 9.47 Å². The van der Waals surface area contributed by atoms with E-state index < -0.39 is 6.10 Å². The molecule has 0 aliphatic heterocycles. The lowest BCUT2D eigenvalue weighted by molar-refractivity contribution is -0.146. The van der Waals surface area contributed by atoms with Crippen LogP contribution in [0.5, 0.6) is 11.5 Å². The van der Waals surface area contributed by atoms with Crippen LogP contribution in [0.4, 0.5) is 0 Å². The zero-order valence-corrected chi connectivity index (χ0v) is 22.0. The lowest BCUT2D eigenvalue weighted by Gasteiger charge is -2.12. The van der Waals surface area contributed by atoms with E-state index in [1.807, 2.05) is 12.1 Å². The summed E-state index contributed by atoms with van der Waals surface area (Å²) in [5.74, 6) is 1.38. The highest BCUT2D eigenvalue weighted by atomic mass is 16.6. The highest BCUT2D eigenvalue weighted by Gasteiger charge is 2.16. The van der Waals surface area contributed by atoms with Gasteiger partial charge in [-0.1, -0.05) is 78.1 Å². The van der Waals surface area contributed by atoms with Crippen molar-refractivity contribution in [2.45, 2.75) is 104 Å². The number of hydrogen-bond acceptors (Lipinski definition) is 6. The molecule has 1 aromatic heterocycles. The molecule has 0 radical (unpaired) electrons. The molecule has 1 unspecified atom stereocenters. The third-order valence-corrected chi connectivity index (χ3v) is 5.92. The Morgan fingerprint density at radius 3 is 1.89 bits per heavy atom. The minimum absolute atomic E-state index is 0.383. The Kier molecular flexibility index (Phi) is 14.7. The Labute approximate surface area is 211 Å². The van der Waals surface area contributed by atoms with E-state index in [0.717, 1.165) is 24.8 Å². The van der Waals surface area contributed by atoms with Gasteiger partial charge in [-0.3, -0.25) is 0 Å². The smallest absolute Gasteiger partial charge is 0.340 e. The fourth-order valence-electron chi connectivity index (χ4n) is 3.69. The van der Waals surface area contributed by atoms with Gasteiger partial charge in [-0.2, -0.15) is 0 Å². The molecule has 0 N–H and O–H groups in total. The van der Waals surface area contributed by atoms with Crippen LogP contribution in [0.2, 0.25) is 0 Å². The SMILES string of the molecule is CCCCCCCCOc1cnc(-c2ccc(OC(=O)C(C)OCCCCCCCC)cc2)nc1. The van der Waals surface area contributed by atoms with Crippen molar-refractivity contribution in [3.05, 3.63) is 36.7 Å². The first-order chi connectivity index (χ1) is 17.1. The Morgan fingerprint density at radius 1 is 0.743 bits per heavy atom. The summed E-state index contributed by atoms with van der Waals surface area (Å²) in [4.78, 5) is 21.1. The molecule has 0 aliphatic carbocycles. The highest BCUT2D eigenvalue weighted by molar-refractivity contribution is 5.77. The Hall–Kier alpha value is -2.47. The zero-order valence-electron chi connectivity index (χ0n) is 22.0. The summed E-state index contributed by atoms with van der Waals surface area (Å²) < 4.78 is 16.8. The molecule has 6 nitrogen and oxygen atoms in total. The van der Waals surface area contributed by atoms with Crippen molar-refractivity contribution >= 4 is 5.97 Å². The zero-order chi connectivity index (χ0) is 25.1. The summed E-state index contributed by atoms with van der Waals surface area (Å²) in [6.45, 7) is 7.44. The number of aromatic nitrogens is 2. The van der Waals surface area contributed by atoms with Crippen LogP contribution in [0, 0.1) is 0 Å². The molecule has 35 heavy (non-hydrogen) atoms. The van der Waals surface area contributed by atoms with Crippen molar-refractivity contribution in [1.29, 1.82) is 0 Å². The van der Waals surface area contributed by atoms with Gasteiger partial charge in [-0.05, 0) is 44.0 Å². The number of carbonyl (C=O) groups is 1. The van der Waals surface area contributed by atoms with Crippen LogP contribution >= 0.6 is 0 Å². The quantitative estimate of drug-likeness (QED) is 0.116. The monoisotopic (exact) mass is 484 g/mol. The lowest BCUT2D eigenvalue weighted by atomic mass is 10.1. The molecule has 2 rings (SSSR count). The van der Waals surface area contributed by atoms with Gasteiger partial charge in [-0.15, -0.1) is 0 Å². The topological polar surface area (TPSA) is 70.5 Å². The first-order valence-electron chi connectivity index (χ1n) is 13.5. The second kappa shape index (κ2) is 17.9. The van der Waals surface area contributed by atoms with Crippen molar-refractivity contribution in [2.75, 3.05) is 13.2 Å². The van der Waals surface area contributed by atoms with Crippen molar-refractivity contribution < 1.29 is 19.0 Å². The van der Waals surface area contributed by atoms with Gasteiger partial charge in [0.1, 0.15) is 5.75 Å². The average Bonchev–Trinajstić information content (AvgIpc) is 2.88. The van der Waals surface area contributed by atoms with E-state index in [4.69, 9.17) is 14.2 Å². The molecule has 0 aliphatic rings. The summed E-state index contributed by atoms with van der Waals surface area (Å²) >= 11 is 0. The van der Waals surface area contributed by atoms with E-state index in [1.165, 1.54) is 57.8 Å². The summed E-state index contributed by atoms with van der Waals surface area (Å²) in [6.07, 6.45) is 17.3. The van der Waals surface area contributed by atoms with Crippen LogP contribution in [0.1, 0.15) is 97.8 Å². The highest BCUT2D eigenvalue weighted by Crippen LogP contribution is 2.21. The van der Waals surface area contributed by atoms with Gasteiger partial charge in [0.15, 0.2) is 17.7 Å². The molecule has 1 aromatic carbocycles. The van der Waals surface area contributed by atoms with Gasteiger partial charge >= 0.3 is 5.97 Å². The number of benzene rings is 1. The first-order valence-corrected chi connectivity index (χ1v) is 13.5. The Balaban J connectivity index is 1.69. The maximum atomic E-state index is 12.3. The molecule has 1 atom stereocenters. The third-order valence-electron chi connectivity index (χ3n) is 5.92.